The van der Waals surface area contributed by atoms with Crippen molar-refractivity contribution < 1.29 is 18.9 Å². The van der Waals surface area contributed by atoms with Gasteiger partial charge in [-0.2, -0.15) is 0 Å². The zero-order chi connectivity index (χ0) is 19.6. The lowest BCUT2D eigenvalue weighted by atomic mass is 10.0. The first-order valence-electron chi connectivity index (χ1n) is 8.27. The second-order valence-electron chi connectivity index (χ2n) is 6.20. The lowest BCUT2D eigenvalue weighted by Crippen LogP contribution is -2.11. The van der Waals surface area contributed by atoms with Gasteiger partial charge in [0.1, 0.15) is 12.2 Å². The summed E-state index contributed by atoms with van der Waals surface area (Å²) in [7, 11) is 0. The molecule has 1 heterocycles. The molecule has 3 rings (SSSR count). The van der Waals surface area contributed by atoms with Gasteiger partial charge in [-0.15, -0.1) is 0 Å². The fourth-order valence-corrected chi connectivity index (χ4v) is 2.85. The molecule has 0 saturated heterocycles. The van der Waals surface area contributed by atoms with Crippen LogP contribution in [0, 0.1) is 24.0 Å². The van der Waals surface area contributed by atoms with E-state index in [1.807, 2.05) is 26.0 Å². The summed E-state index contributed by atoms with van der Waals surface area (Å²) in [6.45, 7) is 3.64. The summed E-state index contributed by atoms with van der Waals surface area (Å²) in [4.78, 5) is 34.5. The van der Waals surface area contributed by atoms with Gasteiger partial charge in [0.25, 0.3) is 5.69 Å². The van der Waals surface area contributed by atoms with Crippen LogP contribution in [0.4, 0.5) is 5.69 Å². The van der Waals surface area contributed by atoms with Crippen molar-refractivity contribution in [3.05, 3.63) is 85.3 Å². The summed E-state index contributed by atoms with van der Waals surface area (Å²) in [5.41, 5.74) is 2.44. The maximum absolute atomic E-state index is 12.2. The van der Waals surface area contributed by atoms with Crippen LogP contribution in [0.1, 0.15) is 22.3 Å². The van der Waals surface area contributed by atoms with E-state index in [2.05, 4.69) is 0 Å². The van der Waals surface area contributed by atoms with E-state index in [1.54, 1.807) is 6.07 Å². The SMILES string of the molecule is Cc1ccc2c(COC(=O)Cc3ccccc3[N+](=O)[O-])cc(=O)oc2c1C. The molecule has 0 N–H and O–H groups in total. The monoisotopic (exact) mass is 367 g/mol. The van der Waals surface area contributed by atoms with Crippen molar-refractivity contribution in [1.82, 2.24) is 0 Å². The minimum absolute atomic E-state index is 0.121. The minimum Gasteiger partial charge on any atom is -0.461 e. The number of rotatable bonds is 5. The van der Waals surface area contributed by atoms with E-state index in [9.17, 15) is 19.7 Å². The zero-order valence-electron chi connectivity index (χ0n) is 14.9. The molecule has 0 aliphatic rings. The average molecular weight is 367 g/mol. The van der Waals surface area contributed by atoms with Gasteiger partial charge in [-0.3, -0.25) is 14.9 Å². The molecular formula is C20H17NO6. The number of hydrogen-bond donors (Lipinski definition) is 0. The molecule has 0 amide bonds. The van der Waals surface area contributed by atoms with Crippen LogP contribution in [-0.2, 0) is 22.6 Å². The lowest BCUT2D eigenvalue weighted by Gasteiger charge is -2.10. The Labute approximate surface area is 154 Å². The Morgan fingerprint density at radius 2 is 1.89 bits per heavy atom. The zero-order valence-corrected chi connectivity index (χ0v) is 14.9. The Kier molecular flexibility index (Phi) is 5.03. The normalized spacial score (nSPS) is 10.7. The number of hydrogen-bond acceptors (Lipinski definition) is 6. The molecule has 1 aromatic heterocycles. The average Bonchev–Trinajstić information content (AvgIpc) is 2.63. The number of aryl methyl sites for hydroxylation is 2. The number of nitrogens with zero attached hydrogens (tertiary/aromatic N) is 1. The fourth-order valence-electron chi connectivity index (χ4n) is 2.85. The van der Waals surface area contributed by atoms with Crippen LogP contribution in [0.25, 0.3) is 11.0 Å². The predicted molar refractivity (Wildman–Crippen MR) is 98.6 cm³/mol. The minimum atomic E-state index is -0.616. The van der Waals surface area contributed by atoms with E-state index in [0.717, 1.165) is 11.1 Å². The van der Waals surface area contributed by atoms with Crippen LogP contribution in [0.3, 0.4) is 0 Å². The maximum Gasteiger partial charge on any atom is 0.336 e. The van der Waals surface area contributed by atoms with Gasteiger partial charge in [0, 0.05) is 28.6 Å². The number of carbonyl (C=O) groups is 1. The molecule has 0 aliphatic carbocycles. The van der Waals surface area contributed by atoms with Crippen molar-refractivity contribution in [3.63, 3.8) is 0 Å². The number of benzene rings is 2. The van der Waals surface area contributed by atoms with E-state index >= 15 is 0 Å². The summed E-state index contributed by atoms with van der Waals surface area (Å²) < 4.78 is 10.5. The molecule has 27 heavy (non-hydrogen) atoms. The Balaban J connectivity index is 1.81. The van der Waals surface area contributed by atoms with Gasteiger partial charge in [-0.05, 0) is 25.0 Å². The Hall–Kier alpha value is -3.48. The molecule has 0 unspecified atom stereocenters. The second kappa shape index (κ2) is 7.41. The Morgan fingerprint density at radius 1 is 1.15 bits per heavy atom. The molecule has 0 saturated carbocycles. The predicted octanol–water partition coefficient (Wildman–Crippen LogP) is 3.60. The molecule has 138 valence electrons. The number of fused-ring (bicyclic) bond motifs is 1. The number of esters is 1. The molecule has 0 fully saturated rings. The van der Waals surface area contributed by atoms with Gasteiger partial charge in [0.2, 0.25) is 0 Å². The van der Waals surface area contributed by atoms with Gasteiger partial charge in [0.15, 0.2) is 0 Å². The fraction of sp³-hybridized carbons (Fsp3) is 0.200. The lowest BCUT2D eigenvalue weighted by molar-refractivity contribution is -0.385. The van der Waals surface area contributed by atoms with Crippen molar-refractivity contribution in [2.75, 3.05) is 0 Å². The summed E-state index contributed by atoms with van der Waals surface area (Å²) in [6, 6.07) is 11.0. The standard InChI is InChI=1S/C20H17NO6/c1-12-7-8-16-15(10-19(23)27-20(16)13(12)2)11-26-18(22)9-14-5-3-4-6-17(14)21(24)25/h3-8,10H,9,11H2,1-2H3. The molecule has 0 atom stereocenters. The van der Waals surface area contributed by atoms with Gasteiger partial charge in [-0.25, -0.2) is 4.79 Å². The maximum atomic E-state index is 12.2. The molecule has 0 aliphatic heterocycles. The highest BCUT2D eigenvalue weighted by Gasteiger charge is 2.17. The molecule has 7 nitrogen and oxygen atoms in total. The topological polar surface area (TPSA) is 99.6 Å². The first-order valence-corrected chi connectivity index (χ1v) is 8.27. The highest BCUT2D eigenvalue weighted by molar-refractivity contribution is 5.84. The molecule has 2 aromatic carbocycles. The number of nitro benzene ring substituents is 1. The third kappa shape index (κ3) is 3.87. The van der Waals surface area contributed by atoms with Crippen LogP contribution < -0.4 is 5.63 Å². The van der Waals surface area contributed by atoms with Crippen LogP contribution >= 0.6 is 0 Å². The summed E-state index contributed by atoms with van der Waals surface area (Å²) in [5, 5.41) is 11.7. The molecule has 0 radical (unpaired) electrons. The number of nitro groups is 1. The summed E-state index contributed by atoms with van der Waals surface area (Å²) >= 11 is 0. The number of carbonyl (C=O) groups excluding carboxylic acids is 1. The molecule has 0 spiro atoms. The second-order valence-corrected chi connectivity index (χ2v) is 6.20. The number of para-hydroxylation sites is 1. The quantitative estimate of drug-likeness (QED) is 0.296. The molecule has 7 heteroatoms. The van der Waals surface area contributed by atoms with Crippen molar-refractivity contribution in [1.29, 1.82) is 0 Å². The van der Waals surface area contributed by atoms with Gasteiger partial charge in [-0.1, -0.05) is 30.3 Å². The van der Waals surface area contributed by atoms with E-state index < -0.39 is 16.5 Å². The van der Waals surface area contributed by atoms with Gasteiger partial charge >= 0.3 is 11.6 Å². The Morgan fingerprint density at radius 3 is 2.63 bits per heavy atom. The van der Waals surface area contributed by atoms with Gasteiger partial charge in [0.05, 0.1) is 11.3 Å². The van der Waals surface area contributed by atoms with Crippen LogP contribution in [0.2, 0.25) is 0 Å². The van der Waals surface area contributed by atoms with Crippen molar-refractivity contribution >= 4 is 22.6 Å². The highest BCUT2D eigenvalue weighted by Crippen LogP contribution is 2.24. The summed E-state index contributed by atoms with van der Waals surface area (Å²) in [6.07, 6.45) is -0.228. The van der Waals surface area contributed by atoms with Crippen molar-refractivity contribution in [3.8, 4) is 0 Å². The number of ether oxygens (including phenoxy) is 1. The first kappa shape index (κ1) is 18.3. The third-order valence-corrected chi connectivity index (χ3v) is 4.43. The van der Waals surface area contributed by atoms with E-state index in [-0.39, 0.29) is 24.3 Å². The smallest absolute Gasteiger partial charge is 0.336 e. The van der Waals surface area contributed by atoms with E-state index in [0.29, 0.717) is 16.5 Å². The molecule has 3 aromatic rings. The highest BCUT2D eigenvalue weighted by atomic mass is 16.6. The summed E-state index contributed by atoms with van der Waals surface area (Å²) in [5.74, 6) is -0.616. The van der Waals surface area contributed by atoms with Crippen molar-refractivity contribution in [2.24, 2.45) is 0 Å². The van der Waals surface area contributed by atoms with E-state index in [4.69, 9.17) is 9.15 Å². The van der Waals surface area contributed by atoms with Gasteiger partial charge < -0.3 is 9.15 Å². The first-order chi connectivity index (χ1) is 12.9. The largest absolute Gasteiger partial charge is 0.461 e. The molecular weight excluding hydrogens is 350 g/mol. The van der Waals surface area contributed by atoms with Crippen LogP contribution in [0.5, 0.6) is 0 Å². The molecule has 0 bridgehead atoms. The van der Waals surface area contributed by atoms with Crippen LogP contribution in [-0.4, -0.2) is 10.9 Å². The van der Waals surface area contributed by atoms with Crippen molar-refractivity contribution in [2.45, 2.75) is 26.9 Å². The van der Waals surface area contributed by atoms with Crippen LogP contribution in [0.15, 0.2) is 51.7 Å². The Bertz CT molecular complexity index is 1100. The third-order valence-electron chi connectivity index (χ3n) is 4.43. The van der Waals surface area contributed by atoms with E-state index in [1.165, 1.54) is 24.3 Å².